The second-order valence-corrected chi connectivity index (χ2v) is 9.75. The molecule has 0 saturated heterocycles. The normalized spacial score (nSPS) is 13.1. The zero-order valence-electron chi connectivity index (χ0n) is 18.9. The molecule has 9 nitrogen and oxygen atoms in total. The monoisotopic (exact) mass is 476 g/mol. The summed E-state index contributed by atoms with van der Waals surface area (Å²) in [7, 11) is 0. The number of nitrogens with one attached hydrogen (secondary N) is 1. The standard InChI is InChI=1S/C24H24N6O3S/c1-13-7-14(2)9-15(8-13)30-22-17(10-27-30)24(33)29(12-26-22)11-19(31)28-23-20(21(25)32)16-5-3-4-6-18(16)34-23/h7-10,12H,3-6,11H2,1-2H3,(H2,25,32)(H,28,31). The molecular weight excluding hydrogens is 452 g/mol. The van der Waals surface area contributed by atoms with Gasteiger partial charge in [0.05, 0.1) is 17.4 Å². The van der Waals surface area contributed by atoms with E-state index in [9.17, 15) is 14.4 Å². The second-order valence-electron chi connectivity index (χ2n) is 8.64. The number of amides is 2. The smallest absolute Gasteiger partial charge is 0.264 e. The minimum absolute atomic E-state index is 0.239. The average molecular weight is 477 g/mol. The van der Waals surface area contributed by atoms with Gasteiger partial charge in [-0.1, -0.05) is 6.07 Å². The summed E-state index contributed by atoms with van der Waals surface area (Å²) in [4.78, 5) is 43.4. The van der Waals surface area contributed by atoms with Gasteiger partial charge in [0.2, 0.25) is 5.91 Å². The first-order valence-electron chi connectivity index (χ1n) is 11.1. The molecule has 3 heterocycles. The Balaban J connectivity index is 1.42. The molecule has 1 aliphatic rings. The van der Waals surface area contributed by atoms with E-state index in [0.717, 1.165) is 52.9 Å². The Morgan fingerprint density at radius 2 is 1.88 bits per heavy atom. The summed E-state index contributed by atoms with van der Waals surface area (Å²) in [6.07, 6.45) is 6.52. The molecule has 0 fully saturated rings. The molecule has 0 aliphatic heterocycles. The van der Waals surface area contributed by atoms with Crippen molar-refractivity contribution in [3.05, 3.63) is 68.2 Å². The van der Waals surface area contributed by atoms with E-state index in [-0.39, 0.29) is 12.1 Å². The number of thiophene rings is 1. The van der Waals surface area contributed by atoms with Crippen molar-refractivity contribution in [2.24, 2.45) is 5.73 Å². The van der Waals surface area contributed by atoms with Crippen LogP contribution in [0.5, 0.6) is 0 Å². The highest BCUT2D eigenvalue weighted by molar-refractivity contribution is 7.17. The first kappa shape index (κ1) is 22.0. The number of aromatic nitrogens is 4. The number of carbonyl (C=O) groups excluding carboxylic acids is 2. The van der Waals surface area contributed by atoms with E-state index >= 15 is 0 Å². The lowest BCUT2D eigenvalue weighted by Gasteiger charge is -2.11. The molecule has 3 N–H and O–H groups in total. The van der Waals surface area contributed by atoms with Crippen molar-refractivity contribution in [3.63, 3.8) is 0 Å². The first-order chi connectivity index (χ1) is 16.3. The summed E-state index contributed by atoms with van der Waals surface area (Å²) in [5.41, 5.74) is 9.98. The molecule has 10 heteroatoms. The van der Waals surface area contributed by atoms with Crippen molar-refractivity contribution in [1.82, 2.24) is 19.3 Å². The number of rotatable bonds is 5. The number of nitrogens with two attached hydrogens (primary N) is 1. The van der Waals surface area contributed by atoms with Gasteiger partial charge in [0.15, 0.2) is 5.65 Å². The zero-order valence-corrected chi connectivity index (χ0v) is 19.7. The van der Waals surface area contributed by atoms with Crippen molar-refractivity contribution in [1.29, 1.82) is 0 Å². The molecule has 0 unspecified atom stereocenters. The summed E-state index contributed by atoms with van der Waals surface area (Å²) < 4.78 is 2.86. The van der Waals surface area contributed by atoms with Gasteiger partial charge in [-0.3, -0.25) is 19.0 Å². The molecule has 2 amide bonds. The van der Waals surface area contributed by atoms with E-state index in [4.69, 9.17) is 5.73 Å². The molecule has 4 aromatic rings. The summed E-state index contributed by atoms with van der Waals surface area (Å²) in [5.74, 6) is -0.972. The molecule has 0 saturated carbocycles. The predicted molar refractivity (Wildman–Crippen MR) is 131 cm³/mol. The van der Waals surface area contributed by atoms with Crippen LogP contribution in [0.3, 0.4) is 0 Å². The van der Waals surface area contributed by atoms with Gasteiger partial charge in [-0.15, -0.1) is 11.3 Å². The Labute approximate surface area is 199 Å². The first-order valence-corrected chi connectivity index (χ1v) is 11.9. The lowest BCUT2D eigenvalue weighted by Crippen LogP contribution is -2.28. The van der Waals surface area contributed by atoms with Crippen LogP contribution in [0.25, 0.3) is 16.7 Å². The molecule has 1 aliphatic carbocycles. The number of fused-ring (bicyclic) bond motifs is 2. The van der Waals surface area contributed by atoms with Crippen molar-refractivity contribution >= 4 is 39.2 Å². The summed E-state index contributed by atoms with van der Waals surface area (Å²) >= 11 is 1.39. The topological polar surface area (TPSA) is 125 Å². The minimum Gasteiger partial charge on any atom is -0.365 e. The van der Waals surface area contributed by atoms with Gasteiger partial charge in [0.25, 0.3) is 11.5 Å². The Hall–Kier alpha value is -3.79. The van der Waals surface area contributed by atoms with Gasteiger partial charge < -0.3 is 11.1 Å². The number of hydrogen-bond donors (Lipinski definition) is 2. The summed E-state index contributed by atoms with van der Waals surface area (Å²) in [6, 6.07) is 6.00. The van der Waals surface area contributed by atoms with Crippen molar-refractivity contribution in [3.8, 4) is 5.69 Å². The van der Waals surface area contributed by atoms with Crippen LogP contribution in [0.15, 0.2) is 35.5 Å². The zero-order chi connectivity index (χ0) is 24.0. The molecule has 1 aromatic carbocycles. The van der Waals surface area contributed by atoms with E-state index in [1.54, 1.807) is 4.68 Å². The van der Waals surface area contributed by atoms with Gasteiger partial charge >= 0.3 is 0 Å². The van der Waals surface area contributed by atoms with Gasteiger partial charge in [0.1, 0.15) is 23.3 Å². The quantitative estimate of drug-likeness (QED) is 0.458. The molecule has 34 heavy (non-hydrogen) atoms. The van der Waals surface area contributed by atoms with Gasteiger partial charge in [0, 0.05) is 4.88 Å². The highest BCUT2D eigenvalue weighted by atomic mass is 32.1. The van der Waals surface area contributed by atoms with Crippen LogP contribution in [0.1, 0.15) is 44.8 Å². The molecule has 0 atom stereocenters. The number of primary amides is 1. The fourth-order valence-electron chi connectivity index (χ4n) is 4.56. The highest BCUT2D eigenvalue weighted by Crippen LogP contribution is 2.37. The molecule has 0 radical (unpaired) electrons. The lowest BCUT2D eigenvalue weighted by atomic mass is 9.95. The Kier molecular flexibility index (Phi) is 5.52. The van der Waals surface area contributed by atoms with Gasteiger partial charge in [-0.05, 0) is 68.4 Å². The average Bonchev–Trinajstić information content (AvgIpc) is 3.36. The second kappa shape index (κ2) is 8.53. The number of anilines is 1. The van der Waals surface area contributed by atoms with Crippen molar-refractivity contribution < 1.29 is 9.59 Å². The third kappa shape index (κ3) is 3.90. The maximum absolute atomic E-state index is 13.0. The molecule has 5 rings (SSSR count). The van der Waals surface area contributed by atoms with Crippen LogP contribution in [-0.4, -0.2) is 31.1 Å². The maximum atomic E-state index is 13.0. The van der Waals surface area contributed by atoms with Crippen LogP contribution in [-0.2, 0) is 24.2 Å². The Morgan fingerprint density at radius 3 is 2.62 bits per heavy atom. The minimum atomic E-state index is -0.547. The Morgan fingerprint density at radius 1 is 1.15 bits per heavy atom. The molecule has 0 spiro atoms. The largest absolute Gasteiger partial charge is 0.365 e. The third-order valence-electron chi connectivity index (χ3n) is 5.99. The molecule has 0 bridgehead atoms. The van der Waals surface area contributed by atoms with E-state index < -0.39 is 11.8 Å². The SMILES string of the molecule is Cc1cc(C)cc(-n2ncc3c(=O)n(CC(=O)Nc4sc5c(c4C(N)=O)CCCC5)cnc32)c1. The van der Waals surface area contributed by atoms with E-state index in [1.807, 2.05) is 26.0 Å². The number of benzene rings is 1. The number of carbonyl (C=O) groups is 2. The van der Waals surface area contributed by atoms with E-state index in [0.29, 0.717) is 21.6 Å². The fourth-order valence-corrected chi connectivity index (χ4v) is 5.87. The van der Waals surface area contributed by atoms with E-state index in [2.05, 4.69) is 21.5 Å². The van der Waals surface area contributed by atoms with Crippen LogP contribution in [0.4, 0.5) is 5.00 Å². The van der Waals surface area contributed by atoms with Crippen molar-refractivity contribution in [2.45, 2.75) is 46.1 Å². The highest BCUT2D eigenvalue weighted by Gasteiger charge is 2.25. The lowest BCUT2D eigenvalue weighted by molar-refractivity contribution is -0.116. The van der Waals surface area contributed by atoms with Crippen molar-refractivity contribution in [2.75, 3.05) is 5.32 Å². The predicted octanol–water partition coefficient (Wildman–Crippen LogP) is 2.88. The number of hydrogen-bond acceptors (Lipinski definition) is 6. The van der Waals surface area contributed by atoms with Gasteiger partial charge in [-0.2, -0.15) is 5.10 Å². The van der Waals surface area contributed by atoms with Crippen LogP contribution >= 0.6 is 11.3 Å². The number of nitrogens with zero attached hydrogens (tertiary/aromatic N) is 4. The van der Waals surface area contributed by atoms with Crippen LogP contribution in [0, 0.1) is 13.8 Å². The molecule has 174 valence electrons. The third-order valence-corrected chi connectivity index (χ3v) is 7.20. The van der Waals surface area contributed by atoms with Gasteiger partial charge in [-0.25, -0.2) is 9.67 Å². The van der Waals surface area contributed by atoms with Crippen LogP contribution in [0.2, 0.25) is 0 Å². The number of aryl methyl sites for hydroxylation is 3. The summed E-state index contributed by atoms with van der Waals surface area (Å²) in [6.45, 7) is 3.75. The summed E-state index contributed by atoms with van der Waals surface area (Å²) in [5, 5.41) is 7.91. The fraction of sp³-hybridized carbons (Fsp3) is 0.292. The Bertz CT molecular complexity index is 1490. The van der Waals surface area contributed by atoms with Crippen LogP contribution < -0.4 is 16.6 Å². The molecule has 3 aromatic heterocycles. The maximum Gasteiger partial charge on any atom is 0.264 e. The van der Waals surface area contributed by atoms with E-state index in [1.165, 1.54) is 28.4 Å². The molecular formula is C24H24N6O3S.